The van der Waals surface area contributed by atoms with Crippen LogP contribution in [0, 0.1) is 6.92 Å². The molecule has 1 rings (SSSR count). The van der Waals surface area contributed by atoms with E-state index < -0.39 is 23.8 Å². The number of aromatic nitrogens is 1. The van der Waals surface area contributed by atoms with Crippen LogP contribution in [-0.2, 0) is 25.3 Å². The maximum Gasteiger partial charge on any atom is 0.454 e. The molecule has 0 aliphatic rings. The second-order valence-electron chi connectivity index (χ2n) is 6.08. The van der Waals surface area contributed by atoms with Gasteiger partial charge in [0.2, 0.25) is 0 Å². The average Bonchev–Trinajstić information content (AvgIpc) is 2.59. The summed E-state index contributed by atoms with van der Waals surface area (Å²) < 4.78 is 75.1. The summed E-state index contributed by atoms with van der Waals surface area (Å²) in [4.78, 5) is 44.3. The SMILES string of the molecule is CC(=O)CC(C)=O.CC(=O)c1ccc(C(F)(F)F)nc1C.CCO/C=C/C(=O)C(F)(F)F. The minimum atomic E-state index is -4.80. The van der Waals surface area contributed by atoms with Crippen LogP contribution in [0.25, 0.3) is 0 Å². The monoisotopic (exact) mass is 471 g/mol. The van der Waals surface area contributed by atoms with Crippen LogP contribution in [0.2, 0.25) is 0 Å². The third-order valence-electron chi connectivity index (χ3n) is 3.02. The molecule has 0 aromatic carbocycles. The average molecular weight is 471 g/mol. The summed E-state index contributed by atoms with van der Waals surface area (Å²) in [6, 6.07) is 1.96. The van der Waals surface area contributed by atoms with Gasteiger partial charge in [-0.2, -0.15) is 26.3 Å². The summed E-state index contributed by atoms with van der Waals surface area (Å²) in [7, 11) is 0. The third-order valence-corrected chi connectivity index (χ3v) is 3.02. The van der Waals surface area contributed by atoms with Gasteiger partial charge in [0.05, 0.1) is 19.3 Å². The van der Waals surface area contributed by atoms with Crippen molar-refractivity contribution in [2.24, 2.45) is 0 Å². The van der Waals surface area contributed by atoms with Crippen LogP contribution in [0.3, 0.4) is 0 Å². The number of halogens is 6. The largest absolute Gasteiger partial charge is 0.501 e. The van der Waals surface area contributed by atoms with Crippen molar-refractivity contribution in [1.29, 1.82) is 0 Å². The molecule has 180 valence electrons. The predicted octanol–water partition coefficient (Wildman–Crippen LogP) is 4.83. The predicted molar refractivity (Wildman–Crippen MR) is 102 cm³/mol. The van der Waals surface area contributed by atoms with E-state index in [-0.39, 0.29) is 41.6 Å². The smallest absolute Gasteiger partial charge is 0.454 e. The number of aryl methyl sites for hydroxylation is 1. The number of ether oxygens (including phenoxy) is 1. The number of allylic oxidation sites excluding steroid dienone is 1. The van der Waals surface area contributed by atoms with Gasteiger partial charge in [0.15, 0.2) is 5.78 Å². The summed E-state index contributed by atoms with van der Waals surface area (Å²) in [6.07, 6.45) is -8.09. The fourth-order valence-corrected chi connectivity index (χ4v) is 1.74. The Labute approximate surface area is 180 Å². The van der Waals surface area contributed by atoms with Gasteiger partial charge >= 0.3 is 12.4 Å². The van der Waals surface area contributed by atoms with Crippen molar-refractivity contribution in [2.45, 2.75) is 53.4 Å². The molecule has 6 nitrogen and oxygen atoms in total. The molecule has 0 saturated carbocycles. The van der Waals surface area contributed by atoms with Gasteiger partial charge in [-0.25, -0.2) is 4.98 Å². The molecule has 0 aliphatic carbocycles. The fraction of sp³-hybridized carbons (Fsp3) is 0.450. The number of hydrogen-bond donors (Lipinski definition) is 0. The summed E-state index contributed by atoms with van der Waals surface area (Å²) in [6.45, 7) is 7.32. The van der Waals surface area contributed by atoms with Crippen molar-refractivity contribution in [3.8, 4) is 0 Å². The van der Waals surface area contributed by atoms with Crippen LogP contribution >= 0.6 is 0 Å². The second-order valence-corrected chi connectivity index (χ2v) is 6.08. The molecule has 12 heteroatoms. The first-order valence-electron chi connectivity index (χ1n) is 8.87. The topological polar surface area (TPSA) is 90.4 Å². The Balaban J connectivity index is 0. The first-order chi connectivity index (χ1) is 14.4. The Hall–Kier alpha value is -3.05. The standard InChI is InChI=1S/C9H8F3NO.C6H7F3O2.C5H8O2/c1-5-7(6(2)14)3-4-8(13-5)9(10,11)12;1-2-11-4-3-5(10)6(7,8)9;1-4(6)3-5(2)7/h3-4H,1-2H3;3-4H,2H2,1H3;3H2,1-2H3/b;4-3+;. The molecule has 1 aromatic rings. The Kier molecular flexibility index (Phi) is 13.7. The van der Waals surface area contributed by atoms with Crippen LogP contribution in [0.1, 0.15) is 55.9 Å². The minimum absolute atomic E-state index is 0.0625. The van der Waals surface area contributed by atoms with Gasteiger partial charge < -0.3 is 4.74 Å². The molecule has 0 fully saturated rings. The molecule has 0 aliphatic heterocycles. The lowest BCUT2D eigenvalue weighted by atomic mass is 10.1. The highest BCUT2D eigenvalue weighted by Gasteiger charge is 2.36. The van der Waals surface area contributed by atoms with E-state index in [9.17, 15) is 45.5 Å². The lowest BCUT2D eigenvalue weighted by molar-refractivity contribution is -0.165. The zero-order valence-electron chi connectivity index (χ0n) is 18.0. The van der Waals surface area contributed by atoms with Gasteiger partial charge in [-0.3, -0.25) is 19.2 Å². The van der Waals surface area contributed by atoms with E-state index in [4.69, 9.17) is 0 Å². The molecular formula is C20H23F6NO5. The fourth-order valence-electron chi connectivity index (χ4n) is 1.74. The van der Waals surface area contributed by atoms with Crippen molar-refractivity contribution in [3.63, 3.8) is 0 Å². The first-order valence-corrected chi connectivity index (χ1v) is 8.87. The Morgan fingerprint density at radius 2 is 1.47 bits per heavy atom. The second kappa shape index (κ2) is 14.1. The molecule has 0 spiro atoms. The number of alkyl halides is 6. The molecule has 1 heterocycles. The van der Waals surface area contributed by atoms with Crippen LogP contribution in [0.5, 0.6) is 0 Å². The van der Waals surface area contributed by atoms with Gasteiger partial charge in [0.25, 0.3) is 5.78 Å². The van der Waals surface area contributed by atoms with Gasteiger partial charge in [-0.15, -0.1) is 0 Å². The minimum Gasteiger partial charge on any atom is -0.501 e. The number of carbonyl (C=O) groups excluding carboxylic acids is 4. The molecule has 0 radical (unpaired) electrons. The van der Waals surface area contributed by atoms with Crippen LogP contribution in [0.4, 0.5) is 26.3 Å². The molecule has 1 aromatic heterocycles. The van der Waals surface area contributed by atoms with Crippen molar-refractivity contribution in [3.05, 3.63) is 41.4 Å². The van der Waals surface area contributed by atoms with E-state index >= 15 is 0 Å². The number of nitrogens with zero attached hydrogens (tertiary/aromatic N) is 1. The quantitative estimate of drug-likeness (QED) is 0.194. The van der Waals surface area contributed by atoms with Gasteiger partial charge in [0, 0.05) is 17.3 Å². The highest BCUT2D eigenvalue weighted by molar-refractivity contribution is 5.96. The number of carbonyl (C=O) groups is 4. The molecule has 0 atom stereocenters. The van der Waals surface area contributed by atoms with Gasteiger partial charge in [0.1, 0.15) is 17.3 Å². The van der Waals surface area contributed by atoms with E-state index in [0.717, 1.165) is 18.4 Å². The zero-order chi connectivity index (χ0) is 25.7. The number of rotatable bonds is 6. The maximum absolute atomic E-state index is 12.2. The summed E-state index contributed by atoms with van der Waals surface area (Å²) in [5, 5.41) is 0. The van der Waals surface area contributed by atoms with Crippen LogP contribution in [0.15, 0.2) is 24.5 Å². The Bertz CT molecular complexity index is 817. The van der Waals surface area contributed by atoms with Gasteiger partial charge in [-0.05, 0) is 46.8 Å². The normalized spacial score (nSPS) is 11.0. The summed E-state index contributed by atoms with van der Waals surface area (Å²) >= 11 is 0. The molecule has 0 bridgehead atoms. The van der Waals surface area contributed by atoms with E-state index in [1.165, 1.54) is 27.7 Å². The van der Waals surface area contributed by atoms with Crippen LogP contribution in [-0.4, -0.2) is 40.9 Å². The first kappa shape index (κ1) is 31.1. The Morgan fingerprint density at radius 3 is 1.75 bits per heavy atom. The van der Waals surface area contributed by atoms with E-state index in [2.05, 4.69) is 9.72 Å². The lowest BCUT2D eigenvalue weighted by Gasteiger charge is -2.07. The number of Topliss-reactive ketones (excluding diaryl/α,β-unsaturated/α-hetero) is 3. The van der Waals surface area contributed by atoms with Gasteiger partial charge in [-0.1, -0.05) is 0 Å². The highest BCUT2D eigenvalue weighted by Crippen LogP contribution is 2.28. The van der Waals surface area contributed by atoms with Crippen molar-refractivity contribution in [2.75, 3.05) is 6.61 Å². The summed E-state index contributed by atoms with van der Waals surface area (Å²) in [5.41, 5.74) is -0.648. The third kappa shape index (κ3) is 14.9. The van der Waals surface area contributed by atoms with E-state index in [0.29, 0.717) is 6.08 Å². The molecular weight excluding hydrogens is 448 g/mol. The number of hydrogen-bond acceptors (Lipinski definition) is 6. The van der Waals surface area contributed by atoms with E-state index in [1.807, 2.05) is 0 Å². The lowest BCUT2D eigenvalue weighted by Crippen LogP contribution is -2.19. The van der Waals surface area contributed by atoms with Crippen LogP contribution < -0.4 is 0 Å². The molecule has 32 heavy (non-hydrogen) atoms. The maximum atomic E-state index is 12.2. The Morgan fingerprint density at radius 1 is 0.969 bits per heavy atom. The number of pyridine rings is 1. The van der Waals surface area contributed by atoms with Crippen molar-refractivity contribution in [1.82, 2.24) is 4.98 Å². The molecule has 0 amide bonds. The summed E-state index contributed by atoms with van der Waals surface area (Å²) in [5.74, 6) is -2.32. The molecule has 0 saturated heterocycles. The highest BCUT2D eigenvalue weighted by atomic mass is 19.4. The van der Waals surface area contributed by atoms with E-state index in [1.54, 1.807) is 6.92 Å². The van der Waals surface area contributed by atoms with Crippen molar-refractivity contribution < 1.29 is 50.3 Å². The molecule has 0 unspecified atom stereocenters. The molecule has 0 N–H and O–H groups in total. The zero-order valence-corrected chi connectivity index (χ0v) is 18.0. The number of ketones is 4. The van der Waals surface area contributed by atoms with Crippen molar-refractivity contribution >= 4 is 23.1 Å².